The lowest BCUT2D eigenvalue weighted by atomic mass is 9.94. The van der Waals surface area contributed by atoms with E-state index >= 15 is 0 Å². The number of carbonyl (C=O) groups excluding carboxylic acids is 2. The van der Waals surface area contributed by atoms with Crippen molar-refractivity contribution in [3.8, 4) is 0 Å². The van der Waals surface area contributed by atoms with Gasteiger partial charge in [-0.2, -0.15) is 0 Å². The summed E-state index contributed by atoms with van der Waals surface area (Å²) in [6.45, 7) is 7.53. The third-order valence-electron chi connectivity index (χ3n) is 3.92. The van der Waals surface area contributed by atoms with Gasteiger partial charge < -0.3 is 10.1 Å². The van der Waals surface area contributed by atoms with E-state index in [1.807, 2.05) is 51.1 Å². The van der Waals surface area contributed by atoms with E-state index in [2.05, 4.69) is 5.32 Å². The van der Waals surface area contributed by atoms with Crippen molar-refractivity contribution in [2.75, 3.05) is 0 Å². The summed E-state index contributed by atoms with van der Waals surface area (Å²) in [5.41, 5.74) is 0.930. The number of ether oxygens (including phenoxy) is 1. The lowest BCUT2D eigenvalue weighted by Crippen LogP contribution is -2.43. The maximum Gasteiger partial charge on any atom is 0.302 e. The highest BCUT2D eigenvalue weighted by Gasteiger charge is 2.21. The van der Waals surface area contributed by atoms with Gasteiger partial charge in [0.2, 0.25) is 5.91 Å². The molecule has 0 aliphatic heterocycles. The first-order chi connectivity index (χ1) is 11.3. The average molecular weight is 333 g/mol. The molecule has 1 aromatic rings. The molecule has 1 amide bonds. The minimum absolute atomic E-state index is 0.100. The largest absolute Gasteiger partial charge is 0.462 e. The van der Waals surface area contributed by atoms with E-state index < -0.39 is 0 Å². The standard InChI is InChI=1S/C20H31NO3/c1-5-10-19(23)21-20(3,4)14-9-13-18(24-16(2)22)15-17-11-7-6-8-12-17/h6-8,11-12,18H,5,9-10,13-15H2,1-4H3,(H,21,23). The zero-order valence-corrected chi connectivity index (χ0v) is 15.4. The summed E-state index contributed by atoms with van der Waals surface area (Å²) in [7, 11) is 0. The van der Waals surface area contributed by atoms with Crippen molar-refractivity contribution in [1.29, 1.82) is 0 Å². The van der Waals surface area contributed by atoms with Gasteiger partial charge in [0.15, 0.2) is 0 Å². The Morgan fingerprint density at radius 2 is 1.88 bits per heavy atom. The summed E-state index contributed by atoms with van der Waals surface area (Å²) in [5, 5.41) is 3.07. The number of nitrogens with one attached hydrogen (secondary N) is 1. The molecule has 0 saturated heterocycles. The topological polar surface area (TPSA) is 55.4 Å². The summed E-state index contributed by atoms with van der Waals surface area (Å²) in [5.74, 6) is -0.144. The SMILES string of the molecule is CCCC(=O)NC(C)(C)CCCC(Cc1ccccc1)OC(C)=O. The summed E-state index contributed by atoms with van der Waals surface area (Å²) in [6.07, 6.45) is 4.57. The van der Waals surface area contributed by atoms with Gasteiger partial charge in [-0.15, -0.1) is 0 Å². The molecule has 4 nitrogen and oxygen atoms in total. The van der Waals surface area contributed by atoms with Crippen molar-refractivity contribution in [3.05, 3.63) is 35.9 Å². The van der Waals surface area contributed by atoms with E-state index in [1.165, 1.54) is 12.5 Å². The molecule has 0 aromatic heterocycles. The molecule has 24 heavy (non-hydrogen) atoms. The summed E-state index contributed by atoms with van der Waals surface area (Å²) < 4.78 is 5.46. The van der Waals surface area contributed by atoms with Gasteiger partial charge in [0, 0.05) is 25.3 Å². The number of rotatable bonds is 10. The van der Waals surface area contributed by atoms with Crippen molar-refractivity contribution in [2.24, 2.45) is 0 Å². The monoisotopic (exact) mass is 333 g/mol. The highest BCUT2D eigenvalue weighted by atomic mass is 16.5. The van der Waals surface area contributed by atoms with Crippen molar-refractivity contribution in [2.45, 2.75) is 77.9 Å². The Morgan fingerprint density at radius 1 is 1.21 bits per heavy atom. The Morgan fingerprint density at radius 3 is 2.46 bits per heavy atom. The smallest absolute Gasteiger partial charge is 0.302 e. The van der Waals surface area contributed by atoms with E-state index in [9.17, 15) is 9.59 Å². The summed E-state index contributed by atoms with van der Waals surface area (Å²) >= 11 is 0. The second kappa shape index (κ2) is 10.1. The number of benzene rings is 1. The van der Waals surface area contributed by atoms with Crippen LogP contribution >= 0.6 is 0 Å². The molecule has 134 valence electrons. The number of esters is 1. The third kappa shape index (κ3) is 8.70. The van der Waals surface area contributed by atoms with Gasteiger partial charge in [-0.1, -0.05) is 37.3 Å². The fraction of sp³-hybridized carbons (Fsp3) is 0.600. The third-order valence-corrected chi connectivity index (χ3v) is 3.92. The minimum atomic E-state index is -0.244. The minimum Gasteiger partial charge on any atom is -0.462 e. The van der Waals surface area contributed by atoms with Gasteiger partial charge in [-0.25, -0.2) is 0 Å². The molecule has 0 spiro atoms. The Hall–Kier alpha value is -1.84. The fourth-order valence-corrected chi connectivity index (χ4v) is 2.82. The van der Waals surface area contributed by atoms with E-state index in [-0.39, 0.29) is 23.5 Å². The predicted molar refractivity (Wildman–Crippen MR) is 96.7 cm³/mol. The van der Waals surface area contributed by atoms with E-state index in [4.69, 9.17) is 4.74 Å². The van der Waals surface area contributed by atoms with Crippen LogP contribution in [0.2, 0.25) is 0 Å². The van der Waals surface area contributed by atoms with E-state index in [0.29, 0.717) is 6.42 Å². The van der Waals surface area contributed by atoms with Crippen LogP contribution in [0.3, 0.4) is 0 Å². The summed E-state index contributed by atoms with van der Waals surface area (Å²) in [6, 6.07) is 10.1. The molecule has 0 heterocycles. The van der Waals surface area contributed by atoms with Crippen LogP contribution in [0.4, 0.5) is 0 Å². The highest BCUT2D eigenvalue weighted by Crippen LogP contribution is 2.18. The van der Waals surface area contributed by atoms with Crippen LogP contribution in [0.5, 0.6) is 0 Å². The van der Waals surface area contributed by atoms with Gasteiger partial charge in [0.1, 0.15) is 6.10 Å². The lowest BCUT2D eigenvalue weighted by Gasteiger charge is -2.27. The number of hydrogen-bond donors (Lipinski definition) is 1. The van der Waals surface area contributed by atoms with Crippen molar-refractivity contribution in [3.63, 3.8) is 0 Å². The van der Waals surface area contributed by atoms with E-state index in [1.54, 1.807) is 0 Å². The Labute approximate surface area is 146 Å². The molecule has 0 saturated carbocycles. The van der Waals surface area contributed by atoms with E-state index in [0.717, 1.165) is 32.1 Å². The van der Waals surface area contributed by atoms with Gasteiger partial charge in [-0.05, 0) is 45.1 Å². The second-order valence-corrected chi connectivity index (χ2v) is 7.00. The molecule has 4 heteroatoms. The van der Waals surface area contributed by atoms with Crippen LogP contribution in [0.25, 0.3) is 0 Å². The Bertz CT molecular complexity index is 511. The van der Waals surface area contributed by atoms with Gasteiger partial charge in [0.25, 0.3) is 0 Å². The number of carbonyl (C=O) groups is 2. The zero-order chi connectivity index (χ0) is 18.0. The van der Waals surface area contributed by atoms with Crippen LogP contribution in [-0.2, 0) is 20.7 Å². The van der Waals surface area contributed by atoms with Gasteiger partial charge in [0.05, 0.1) is 0 Å². The van der Waals surface area contributed by atoms with Crippen molar-refractivity contribution < 1.29 is 14.3 Å². The molecule has 0 bridgehead atoms. The maximum absolute atomic E-state index is 11.8. The molecule has 0 aliphatic carbocycles. The quantitative estimate of drug-likeness (QED) is 0.658. The van der Waals surface area contributed by atoms with Crippen molar-refractivity contribution in [1.82, 2.24) is 5.32 Å². The van der Waals surface area contributed by atoms with Crippen LogP contribution in [0.1, 0.15) is 65.4 Å². The lowest BCUT2D eigenvalue weighted by molar-refractivity contribution is -0.146. The Balaban J connectivity index is 2.49. The molecule has 0 radical (unpaired) electrons. The molecular formula is C20H31NO3. The van der Waals surface area contributed by atoms with Crippen LogP contribution in [0.15, 0.2) is 30.3 Å². The molecule has 0 aliphatic rings. The van der Waals surface area contributed by atoms with Crippen LogP contribution in [0, 0.1) is 0 Å². The molecule has 1 atom stereocenters. The highest BCUT2D eigenvalue weighted by molar-refractivity contribution is 5.76. The molecule has 1 unspecified atom stereocenters. The molecule has 1 aromatic carbocycles. The molecule has 0 fully saturated rings. The van der Waals surface area contributed by atoms with Crippen molar-refractivity contribution >= 4 is 11.9 Å². The first-order valence-corrected chi connectivity index (χ1v) is 8.84. The first-order valence-electron chi connectivity index (χ1n) is 8.84. The summed E-state index contributed by atoms with van der Waals surface area (Å²) in [4.78, 5) is 23.1. The Kier molecular flexibility index (Phi) is 8.51. The van der Waals surface area contributed by atoms with Gasteiger partial charge >= 0.3 is 5.97 Å². The maximum atomic E-state index is 11.8. The van der Waals surface area contributed by atoms with Gasteiger partial charge in [-0.3, -0.25) is 9.59 Å². The fourth-order valence-electron chi connectivity index (χ4n) is 2.82. The molecule has 1 rings (SSSR count). The zero-order valence-electron chi connectivity index (χ0n) is 15.4. The normalized spacial score (nSPS) is 12.5. The molecule has 1 N–H and O–H groups in total. The average Bonchev–Trinajstić information content (AvgIpc) is 2.46. The second-order valence-electron chi connectivity index (χ2n) is 7.00. The molecular weight excluding hydrogens is 302 g/mol. The first kappa shape index (κ1) is 20.2. The van der Waals surface area contributed by atoms with Crippen LogP contribution in [-0.4, -0.2) is 23.5 Å². The van der Waals surface area contributed by atoms with Crippen LogP contribution < -0.4 is 5.32 Å². The number of amides is 1. The predicted octanol–water partition coefficient (Wildman–Crippen LogP) is 4.03. The number of hydrogen-bond acceptors (Lipinski definition) is 3.